The number of alkyl halides is 1. The normalized spacial score (nSPS) is 23.9. The molecule has 1 aliphatic carbocycles. The van der Waals surface area contributed by atoms with E-state index in [-0.39, 0.29) is 3.42 Å². The molecule has 0 aliphatic heterocycles. The van der Waals surface area contributed by atoms with Crippen LogP contribution in [0.15, 0.2) is 61.2 Å². The Bertz CT molecular complexity index is 428. The third-order valence-corrected chi connectivity index (χ3v) is 4.05. The zero-order valence-corrected chi connectivity index (χ0v) is 11.4. The summed E-state index contributed by atoms with van der Waals surface area (Å²) in [6, 6.07) is 10.5. The van der Waals surface area contributed by atoms with E-state index in [0.29, 0.717) is 0 Å². The molecule has 1 atom stereocenters. The van der Waals surface area contributed by atoms with Gasteiger partial charge in [-0.3, -0.25) is 0 Å². The van der Waals surface area contributed by atoms with Crippen LogP contribution >= 0.6 is 22.6 Å². The molecular formula is C15H15I. The van der Waals surface area contributed by atoms with Crippen molar-refractivity contribution >= 4 is 28.2 Å². The lowest BCUT2D eigenvalue weighted by atomic mass is 9.91. The van der Waals surface area contributed by atoms with Crippen molar-refractivity contribution in [3.63, 3.8) is 0 Å². The Kier molecular flexibility index (Phi) is 3.64. The molecular weight excluding hydrogens is 307 g/mol. The molecule has 16 heavy (non-hydrogen) atoms. The fourth-order valence-corrected chi connectivity index (χ4v) is 2.60. The van der Waals surface area contributed by atoms with Crippen LogP contribution in [0.5, 0.6) is 0 Å². The lowest BCUT2D eigenvalue weighted by molar-refractivity contribution is 0.765. The number of halogens is 1. The molecule has 2 rings (SSSR count). The molecule has 0 saturated carbocycles. The van der Waals surface area contributed by atoms with Gasteiger partial charge in [-0.05, 0) is 24.0 Å². The van der Waals surface area contributed by atoms with Crippen molar-refractivity contribution < 1.29 is 0 Å². The van der Waals surface area contributed by atoms with Gasteiger partial charge in [-0.25, -0.2) is 0 Å². The molecule has 1 aromatic rings. The first kappa shape index (κ1) is 11.6. The van der Waals surface area contributed by atoms with Crippen LogP contribution in [0.3, 0.4) is 0 Å². The van der Waals surface area contributed by atoms with Crippen molar-refractivity contribution in [2.75, 3.05) is 0 Å². The molecule has 0 radical (unpaired) electrons. The van der Waals surface area contributed by atoms with Crippen LogP contribution in [-0.4, -0.2) is 3.42 Å². The van der Waals surface area contributed by atoms with Crippen molar-refractivity contribution in [3.05, 3.63) is 66.8 Å². The van der Waals surface area contributed by atoms with Gasteiger partial charge < -0.3 is 0 Å². The van der Waals surface area contributed by atoms with Gasteiger partial charge in [0.15, 0.2) is 0 Å². The molecule has 0 amide bonds. The van der Waals surface area contributed by atoms with Crippen LogP contribution in [0.4, 0.5) is 0 Å². The molecule has 0 bridgehead atoms. The van der Waals surface area contributed by atoms with Crippen LogP contribution in [0.25, 0.3) is 5.57 Å². The van der Waals surface area contributed by atoms with Crippen molar-refractivity contribution in [1.82, 2.24) is 0 Å². The predicted molar refractivity (Wildman–Crippen MR) is 79.7 cm³/mol. The molecule has 1 unspecified atom stereocenters. The van der Waals surface area contributed by atoms with Crippen LogP contribution in [0, 0.1) is 0 Å². The van der Waals surface area contributed by atoms with E-state index in [1.165, 1.54) is 11.1 Å². The minimum absolute atomic E-state index is 0.234. The molecule has 82 valence electrons. The first-order valence-electron chi connectivity index (χ1n) is 5.48. The lowest BCUT2D eigenvalue weighted by Gasteiger charge is -2.24. The van der Waals surface area contributed by atoms with Crippen molar-refractivity contribution in [2.24, 2.45) is 0 Å². The fourth-order valence-electron chi connectivity index (χ4n) is 1.89. The van der Waals surface area contributed by atoms with E-state index in [9.17, 15) is 0 Å². The molecule has 1 aliphatic rings. The number of hydrogen-bond acceptors (Lipinski definition) is 0. The van der Waals surface area contributed by atoms with Crippen LogP contribution in [0.1, 0.15) is 18.4 Å². The lowest BCUT2D eigenvalue weighted by Crippen LogP contribution is -2.17. The fraction of sp³-hybridized carbons (Fsp3) is 0.200. The highest BCUT2D eigenvalue weighted by atomic mass is 127. The van der Waals surface area contributed by atoms with E-state index in [2.05, 4.69) is 77.7 Å². The highest BCUT2D eigenvalue weighted by Crippen LogP contribution is 2.36. The van der Waals surface area contributed by atoms with Crippen molar-refractivity contribution in [2.45, 2.75) is 16.3 Å². The third-order valence-electron chi connectivity index (χ3n) is 2.81. The van der Waals surface area contributed by atoms with E-state index in [1.54, 1.807) is 0 Å². The Morgan fingerprint density at radius 1 is 1.31 bits per heavy atom. The summed E-state index contributed by atoms with van der Waals surface area (Å²) in [5, 5.41) is 0. The summed E-state index contributed by atoms with van der Waals surface area (Å²) < 4.78 is 0.234. The van der Waals surface area contributed by atoms with Crippen molar-refractivity contribution in [1.29, 1.82) is 0 Å². The predicted octanol–water partition coefficient (Wildman–Crippen LogP) is 4.78. The second-order valence-corrected chi connectivity index (χ2v) is 6.24. The molecule has 0 N–H and O–H groups in total. The quantitative estimate of drug-likeness (QED) is 0.427. The Labute approximate surface area is 111 Å². The first-order chi connectivity index (χ1) is 7.73. The standard InChI is InChI=1S/C15H15I/c1-2-10-15(16)11-8-14(9-12-15)13-6-4-3-5-7-13/h2-9,11H,1,10,12H2. The minimum Gasteiger partial charge on any atom is -0.103 e. The molecule has 0 heterocycles. The maximum Gasteiger partial charge on any atom is 0.0473 e. The Hall–Kier alpha value is -0.830. The van der Waals surface area contributed by atoms with E-state index in [4.69, 9.17) is 0 Å². The zero-order valence-electron chi connectivity index (χ0n) is 9.20. The molecule has 0 fully saturated rings. The summed E-state index contributed by atoms with van der Waals surface area (Å²) in [7, 11) is 0. The van der Waals surface area contributed by atoms with Gasteiger partial charge in [-0.15, -0.1) is 6.58 Å². The van der Waals surface area contributed by atoms with Gasteiger partial charge in [0, 0.05) is 3.42 Å². The first-order valence-corrected chi connectivity index (χ1v) is 6.56. The van der Waals surface area contributed by atoms with Gasteiger partial charge in [-0.1, -0.05) is 77.2 Å². The summed E-state index contributed by atoms with van der Waals surface area (Å²) in [6.07, 6.45) is 11.0. The average Bonchev–Trinajstić information content (AvgIpc) is 2.31. The highest BCUT2D eigenvalue weighted by Gasteiger charge is 2.22. The number of hydrogen-bond donors (Lipinski definition) is 0. The third kappa shape index (κ3) is 2.64. The maximum absolute atomic E-state index is 3.82. The summed E-state index contributed by atoms with van der Waals surface area (Å²) in [4.78, 5) is 0. The average molecular weight is 322 g/mol. The van der Waals surface area contributed by atoms with Gasteiger partial charge in [0.05, 0.1) is 0 Å². The molecule has 0 saturated heterocycles. The smallest absolute Gasteiger partial charge is 0.0473 e. The summed E-state index contributed by atoms with van der Waals surface area (Å²) in [6.45, 7) is 3.82. The minimum atomic E-state index is 0.234. The van der Waals surface area contributed by atoms with E-state index < -0.39 is 0 Å². The molecule has 0 aromatic heterocycles. The molecule has 1 aromatic carbocycles. The second kappa shape index (κ2) is 5.00. The maximum atomic E-state index is 3.82. The number of allylic oxidation sites excluding steroid dienone is 5. The zero-order chi connectivity index (χ0) is 11.4. The van der Waals surface area contributed by atoms with E-state index >= 15 is 0 Å². The SMILES string of the molecule is C=CCC1(I)C=CC(c2ccccc2)=CC1. The summed E-state index contributed by atoms with van der Waals surface area (Å²) >= 11 is 2.52. The van der Waals surface area contributed by atoms with Crippen LogP contribution in [0.2, 0.25) is 0 Å². The van der Waals surface area contributed by atoms with Crippen molar-refractivity contribution in [3.8, 4) is 0 Å². The monoisotopic (exact) mass is 322 g/mol. The van der Waals surface area contributed by atoms with Gasteiger partial charge in [-0.2, -0.15) is 0 Å². The van der Waals surface area contributed by atoms with Gasteiger partial charge in [0.1, 0.15) is 0 Å². The van der Waals surface area contributed by atoms with Gasteiger partial charge in [0.2, 0.25) is 0 Å². The molecule has 1 heteroatoms. The Balaban J connectivity index is 2.17. The Morgan fingerprint density at radius 2 is 2.06 bits per heavy atom. The second-order valence-electron chi connectivity index (χ2n) is 4.09. The summed E-state index contributed by atoms with van der Waals surface area (Å²) in [5.74, 6) is 0. The van der Waals surface area contributed by atoms with Gasteiger partial charge >= 0.3 is 0 Å². The topological polar surface area (TPSA) is 0 Å². The van der Waals surface area contributed by atoms with E-state index in [0.717, 1.165) is 12.8 Å². The summed E-state index contributed by atoms with van der Waals surface area (Å²) in [5.41, 5.74) is 2.63. The van der Waals surface area contributed by atoms with Crippen LogP contribution in [-0.2, 0) is 0 Å². The number of rotatable bonds is 3. The van der Waals surface area contributed by atoms with Gasteiger partial charge in [0.25, 0.3) is 0 Å². The largest absolute Gasteiger partial charge is 0.103 e. The highest BCUT2D eigenvalue weighted by molar-refractivity contribution is 14.1. The van der Waals surface area contributed by atoms with Crippen LogP contribution < -0.4 is 0 Å². The molecule has 0 nitrogen and oxygen atoms in total. The molecule has 0 spiro atoms. The number of benzene rings is 1. The van der Waals surface area contributed by atoms with E-state index in [1.807, 2.05) is 6.08 Å². The Morgan fingerprint density at radius 3 is 2.62 bits per heavy atom.